The summed E-state index contributed by atoms with van der Waals surface area (Å²) in [6.45, 7) is 1.72. The van der Waals surface area contributed by atoms with Crippen molar-refractivity contribution in [2.75, 3.05) is 19.0 Å². The second-order valence-electron chi connectivity index (χ2n) is 8.26. The van der Waals surface area contributed by atoms with Crippen molar-refractivity contribution in [1.82, 2.24) is 24.5 Å². The van der Waals surface area contributed by atoms with Gasteiger partial charge in [0.2, 0.25) is 11.8 Å². The molecule has 2 amide bonds. The number of piperidine rings is 1. The Morgan fingerprint density at radius 1 is 1.15 bits per heavy atom. The number of aryl methyl sites for hydroxylation is 1. The number of ether oxygens (including phenoxy) is 1. The van der Waals surface area contributed by atoms with E-state index in [1.165, 1.54) is 0 Å². The van der Waals surface area contributed by atoms with E-state index >= 15 is 0 Å². The third-order valence-corrected chi connectivity index (χ3v) is 5.96. The summed E-state index contributed by atoms with van der Waals surface area (Å²) in [6, 6.07) is 9.56. The number of likely N-dealkylation sites (tertiary alicyclic amines) is 1. The van der Waals surface area contributed by atoms with Crippen molar-refractivity contribution in [3.05, 3.63) is 60.7 Å². The molecule has 1 aliphatic rings. The molecule has 9 heteroatoms. The van der Waals surface area contributed by atoms with Crippen LogP contribution in [0.3, 0.4) is 0 Å². The van der Waals surface area contributed by atoms with Gasteiger partial charge < -0.3 is 15.0 Å². The molecule has 0 aliphatic carbocycles. The summed E-state index contributed by atoms with van der Waals surface area (Å²) in [5, 5.41) is 11.4. The number of nitrogens with one attached hydrogen (secondary N) is 1. The summed E-state index contributed by atoms with van der Waals surface area (Å²) in [6.07, 6.45) is 11.2. The molecular weight excluding hydrogens is 420 g/mol. The van der Waals surface area contributed by atoms with Crippen molar-refractivity contribution in [3.8, 4) is 5.75 Å². The van der Waals surface area contributed by atoms with Gasteiger partial charge in [0, 0.05) is 43.3 Å². The topological polar surface area (TPSA) is 94.3 Å². The first kappa shape index (κ1) is 22.6. The number of benzene rings is 1. The minimum Gasteiger partial charge on any atom is -0.496 e. The van der Waals surface area contributed by atoms with Crippen LogP contribution in [-0.2, 0) is 29.1 Å². The second kappa shape index (κ2) is 10.8. The average Bonchev–Trinajstić information content (AvgIpc) is 3.50. The average molecular weight is 451 g/mol. The maximum atomic E-state index is 13.0. The molecule has 1 saturated heterocycles. The number of para-hydroxylation sites is 1. The summed E-state index contributed by atoms with van der Waals surface area (Å²) in [4.78, 5) is 27.5. The van der Waals surface area contributed by atoms with Gasteiger partial charge in [-0.05, 0) is 37.8 Å². The SMILES string of the molecule is COc1ccccc1CC(=O)Nc1cnn(CC(=O)N2CCCCC2CCn2cccn2)c1. The second-order valence-corrected chi connectivity index (χ2v) is 8.26. The number of anilines is 1. The molecule has 33 heavy (non-hydrogen) atoms. The van der Waals surface area contributed by atoms with Crippen LogP contribution in [0.4, 0.5) is 5.69 Å². The predicted octanol–water partition coefficient (Wildman–Crippen LogP) is 2.74. The highest BCUT2D eigenvalue weighted by molar-refractivity contribution is 5.92. The van der Waals surface area contributed by atoms with Gasteiger partial charge in [-0.25, -0.2) is 0 Å². The molecule has 3 aromatic rings. The molecule has 1 aromatic carbocycles. The van der Waals surface area contributed by atoms with E-state index in [9.17, 15) is 9.59 Å². The Morgan fingerprint density at radius 2 is 2.03 bits per heavy atom. The van der Waals surface area contributed by atoms with Gasteiger partial charge in [-0.2, -0.15) is 10.2 Å². The maximum Gasteiger partial charge on any atom is 0.244 e. The predicted molar refractivity (Wildman–Crippen MR) is 124 cm³/mol. The Bertz CT molecular complexity index is 1060. The van der Waals surface area contributed by atoms with E-state index in [-0.39, 0.29) is 30.8 Å². The van der Waals surface area contributed by atoms with Crippen molar-refractivity contribution >= 4 is 17.5 Å². The fraction of sp³-hybridized carbons (Fsp3) is 0.417. The molecule has 4 rings (SSSR count). The summed E-state index contributed by atoms with van der Waals surface area (Å²) in [5.74, 6) is 0.563. The van der Waals surface area contributed by atoms with E-state index in [0.29, 0.717) is 11.4 Å². The minimum atomic E-state index is -0.167. The smallest absolute Gasteiger partial charge is 0.244 e. The molecule has 0 spiro atoms. The van der Waals surface area contributed by atoms with Crippen molar-refractivity contribution in [1.29, 1.82) is 0 Å². The number of hydrogen-bond donors (Lipinski definition) is 1. The first-order valence-electron chi connectivity index (χ1n) is 11.3. The third-order valence-electron chi connectivity index (χ3n) is 5.96. The first-order chi connectivity index (χ1) is 16.1. The van der Waals surface area contributed by atoms with Gasteiger partial charge in [0.25, 0.3) is 0 Å². The molecule has 9 nitrogen and oxygen atoms in total. The number of nitrogens with zero attached hydrogens (tertiary/aromatic N) is 5. The van der Waals surface area contributed by atoms with Crippen LogP contribution in [0, 0.1) is 0 Å². The van der Waals surface area contributed by atoms with Crippen LogP contribution in [-0.4, -0.2) is 56.0 Å². The number of rotatable bonds is 9. The summed E-state index contributed by atoms with van der Waals surface area (Å²) in [5.41, 5.74) is 1.38. The third kappa shape index (κ3) is 6.00. The van der Waals surface area contributed by atoms with Gasteiger partial charge in [-0.1, -0.05) is 18.2 Å². The Morgan fingerprint density at radius 3 is 2.85 bits per heavy atom. The van der Waals surface area contributed by atoms with Crippen LogP contribution in [0.5, 0.6) is 5.75 Å². The Balaban J connectivity index is 1.31. The fourth-order valence-electron chi connectivity index (χ4n) is 4.31. The molecule has 1 atom stereocenters. The molecule has 0 bridgehead atoms. The Hall–Kier alpha value is -3.62. The highest BCUT2D eigenvalue weighted by Crippen LogP contribution is 2.21. The molecule has 174 valence electrons. The van der Waals surface area contributed by atoms with Crippen LogP contribution >= 0.6 is 0 Å². The molecule has 1 fully saturated rings. The zero-order valence-electron chi connectivity index (χ0n) is 18.9. The number of carbonyl (C=O) groups is 2. The zero-order valence-corrected chi connectivity index (χ0v) is 18.9. The number of hydrogen-bond acceptors (Lipinski definition) is 5. The lowest BCUT2D eigenvalue weighted by atomic mass is 9.99. The van der Waals surface area contributed by atoms with Crippen molar-refractivity contribution in [3.63, 3.8) is 0 Å². The lowest BCUT2D eigenvalue weighted by Gasteiger charge is -2.36. The van der Waals surface area contributed by atoms with Gasteiger partial charge in [0.05, 0.1) is 25.4 Å². The molecule has 1 unspecified atom stereocenters. The molecule has 1 N–H and O–H groups in total. The first-order valence-corrected chi connectivity index (χ1v) is 11.3. The number of carbonyl (C=O) groups excluding carboxylic acids is 2. The van der Waals surface area contributed by atoms with Gasteiger partial charge in [0.1, 0.15) is 12.3 Å². The number of aromatic nitrogens is 4. The van der Waals surface area contributed by atoms with E-state index in [1.54, 1.807) is 30.4 Å². The molecule has 3 heterocycles. The summed E-state index contributed by atoms with van der Waals surface area (Å²) < 4.78 is 8.80. The highest BCUT2D eigenvalue weighted by atomic mass is 16.5. The van der Waals surface area contributed by atoms with Crippen LogP contribution in [0.15, 0.2) is 55.1 Å². The number of amides is 2. The monoisotopic (exact) mass is 450 g/mol. The van der Waals surface area contributed by atoms with Gasteiger partial charge in [-0.15, -0.1) is 0 Å². The molecule has 1 aliphatic heterocycles. The summed E-state index contributed by atoms with van der Waals surface area (Å²) >= 11 is 0. The molecular formula is C24H30N6O3. The van der Waals surface area contributed by atoms with Crippen LogP contribution in [0.2, 0.25) is 0 Å². The lowest BCUT2D eigenvalue weighted by Crippen LogP contribution is -2.45. The van der Waals surface area contributed by atoms with Gasteiger partial charge >= 0.3 is 0 Å². The zero-order chi connectivity index (χ0) is 23.0. The Labute approximate surface area is 193 Å². The highest BCUT2D eigenvalue weighted by Gasteiger charge is 2.26. The largest absolute Gasteiger partial charge is 0.496 e. The van der Waals surface area contributed by atoms with E-state index < -0.39 is 0 Å². The van der Waals surface area contributed by atoms with Gasteiger partial charge in [0.15, 0.2) is 0 Å². The number of methoxy groups -OCH3 is 1. The van der Waals surface area contributed by atoms with Crippen molar-refractivity contribution in [2.24, 2.45) is 0 Å². The van der Waals surface area contributed by atoms with Crippen LogP contribution < -0.4 is 10.1 Å². The minimum absolute atomic E-state index is 0.0511. The van der Waals surface area contributed by atoms with E-state index in [1.807, 2.05) is 46.1 Å². The van der Waals surface area contributed by atoms with Crippen LogP contribution in [0.25, 0.3) is 0 Å². The van der Waals surface area contributed by atoms with Gasteiger partial charge in [-0.3, -0.25) is 19.0 Å². The summed E-state index contributed by atoms with van der Waals surface area (Å²) in [7, 11) is 1.59. The van der Waals surface area contributed by atoms with E-state index in [4.69, 9.17) is 4.74 Å². The Kier molecular flexibility index (Phi) is 7.39. The maximum absolute atomic E-state index is 13.0. The molecule has 0 radical (unpaired) electrons. The lowest BCUT2D eigenvalue weighted by molar-refractivity contribution is -0.136. The van der Waals surface area contributed by atoms with E-state index in [2.05, 4.69) is 15.5 Å². The molecule has 2 aromatic heterocycles. The van der Waals surface area contributed by atoms with E-state index in [0.717, 1.165) is 44.3 Å². The fourth-order valence-corrected chi connectivity index (χ4v) is 4.31. The van der Waals surface area contributed by atoms with Crippen LogP contribution in [0.1, 0.15) is 31.2 Å². The quantitative estimate of drug-likeness (QED) is 0.541. The normalized spacial score (nSPS) is 15.9. The molecule has 0 saturated carbocycles. The van der Waals surface area contributed by atoms with Crippen molar-refractivity contribution < 1.29 is 14.3 Å². The standard InChI is InChI=1S/C24H30N6O3/c1-33-22-9-3-2-7-19(22)15-23(31)27-20-16-26-29(17-20)18-24(32)30-13-5-4-8-21(30)10-14-28-12-6-11-25-28/h2-3,6-7,9,11-12,16-17,21H,4-5,8,10,13-15,18H2,1H3,(H,27,31). The van der Waals surface area contributed by atoms with Crippen molar-refractivity contribution in [2.45, 2.75) is 51.2 Å².